The normalized spacial score (nSPS) is 15.4. The number of para-hydroxylation sites is 1. The third kappa shape index (κ3) is 5.99. The van der Waals surface area contributed by atoms with Crippen molar-refractivity contribution in [3.63, 3.8) is 0 Å². The Bertz CT molecular complexity index is 724. The highest BCUT2D eigenvalue weighted by Crippen LogP contribution is 2.24. The van der Waals surface area contributed by atoms with Crippen LogP contribution in [0.1, 0.15) is 19.8 Å². The van der Waals surface area contributed by atoms with Crippen molar-refractivity contribution in [1.82, 2.24) is 10.6 Å². The quantitative estimate of drug-likeness (QED) is 0.528. The maximum atomic E-state index is 12.1. The smallest absolute Gasteiger partial charge is 0.246 e. The molecule has 0 radical (unpaired) electrons. The average Bonchev–Trinajstić information content (AvgIpc) is 3.22. The number of hydrogen-bond acceptors (Lipinski definition) is 4. The van der Waals surface area contributed by atoms with E-state index in [0.29, 0.717) is 12.0 Å². The summed E-state index contributed by atoms with van der Waals surface area (Å²) < 4.78 is 0. The fraction of sp³-hybridized carbons (Fsp3) is 0.400. The second-order valence-electron chi connectivity index (χ2n) is 6.47. The van der Waals surface area contributed by atoms with E-state index in [1.165, 1.54) is 5.00 Å². The number of piperidine rings is 1. The van der Waals surface area contributed by atoms with E-state index in [2.05, 4.69) is 43.4 Å². The van der Waals surface area contributed by atoms with Gasteiger partial charge in [-0.1, -0.05) is 18.2 Å². The van der Waals surface area contributed by atoms with E-state index < -0.39 is 0 Å². The van der Waals surface area contributed by atoms with E-state index in [1.807, 2.05) is 37.3 Å². The van der Waals surface area contributed by atoms with Gasteiger partial charge < -0.3 is 20.9 Å². The van der Waals surface area contributed by atoms with Crippen LogP contribution in [-0.4, -0.2) is 44.1 Å². The number of thiophene rings is 1. The van der Waals surface area contributed by atoms with Crippen LogP contribution in [-0.2, 0) is 4.79 Å². The molecule has 144 valence electrons. The lowest BCUT2D eigenvalue weighted by Crippen LogP contribution is -2.48. The van der Waals surface area contributed by atoms with Gasteiger partial charge in [-0.2, -0.15) is 0 Å². The second-order valence-corrected chi connectivity index (χ2v) is 7.39. The van der Waals surface area contributed by atoms with Crippen molar-refractivity contribution in [2.75, 3.05) is 36.4 Å². The second kappa shape index (κ2) is 9.97. The van der Waals surface area contributed by atoms with E-state index in [0.717, 1.165) is 38.2 Å². The number of nitrogens with one attached hydrogen (secondary N) is 3. The van der Waals surface area contributed by atoms with Crippen molar-refractivity contribution in [1.29, 1.82) is 0 Å². The number of carbonyl (C=O) groups is 1. The highest BCUT2D eigenvalue weighted by Gasteiger charge is 2.20. The maximum absolute atomic E-state index is 12.1. The summed E-state index contributed by atoms with van der Waals surface area (Å²) >= 11 is 1.79. The Morgan fingerprint density at radius 3 is 2.63 bits per heavy atom. The van der Waals surface area contributed by atoms with Crippen LogP contribution < -0.4 is 20.9 Å². The maximum Gasteiger partial charge on any atom is 0.246 e. The number of nitrogens with zero attached hydrogens (tertiary/aromatic N) is 2. The lowest BCUT2D eigenvalue weighted by atomic mass is 10.1. The lowest BCUT2D eigenvalue weighted by molar-refractivity contribution is -0.114. The molecule has 0 aliphatic carbocycles. The van der Waals surface area contributed by atoms with E-state index in [-0.39, 0.29) is 12.5 Å². The largest absolute Gasteiger partial charge is 0.363 e. The van der Waals surface area contributed by atoms with Gasteiger partial charge in [-0.05, 0) is 49.4 Å². The van der Waals surface area contributed by atoms with Gasteiger partial charge in [0.2, 0.25) is 5.91 Å². The zero-order valence-corrected chi connectivity index (χ0v) is 16.5. The molecule has 27 heavy (non-hydrogen) atoms. The van der Waals surface area contributed by atoms with Crippen molar-refractivity contribution in [3.05, 3.63) is 47.8 Å². The summed E-state index contributed by atoms with van der Waals surface area (Å²) in [7, 11) is 0. The Morgan fingerprint density at radius 1 is 1.19 bits per heavy atom. The number of benzene rings is 1. The Morgan fingerprint density at radius 2 is 1.96 bits per heavy atom. The topological polar surface area (TPSA) is 68.8 Å². The van der Waals surface area contributed by atoms with Crippen LogP contribution in [0.15, 0.2) is 52.8 Å². The van der Waals surface area contributed by atoms with Crippen molar-refractivity contribution in [2.45, 2.75) is 25.8 Å². The molecule has 6 nitrogen and oxygen atoms in total. The van der Waals surface area contributed by atoms with Gasteiger partial charge in [-0.15, -0.1) is 11.3 Å². The minimum Gasteiger partial charge on any atom is -0.363 e. The van der Waals surface area contributed by atoms with Crippen LogP contribution in [0.3, 0.4) is 0 Å². The number of guanidine groups is 1. The summed E-state index contributed by atoms with van der Waals surface area (Å²) in [5, 5.41) is 13.0. The molecule has 1 saturated heterocycles. The van der Waals surface area contributed by atoms with Gasteiger partial charge in [-0.3, -0.25) is 4.79 Å². The van der Waals surface area contributed by atoms with Crippen molar-refractivity contribution in [2.24, 2.45) is 4.99 Å². The highest BCUT2D eigenvalue weighted by molar-refractivity contribution is 7.14. The molecule has 0 bridgehead atoms. The van der Waals surface area contributed by atoms with Crippen LogP contribution in [0.2, 0.25) is 0 Å². The summed E-state index contributed by atoms with van der Waals surface area (Å²) in [6.07, 6.45) is 2.11. The lowest BCUT2D eigenvalue weighted by Gasteiger charge is -2.33. The molecule has 1 fully saturated rings. The molecule has 1 aromatic carbocycles. The van der Waals surface area contributed by atoms with Gasteiger partial charge in [-0.25, -0.2) is 4.99 Å². The van der Waals surface area contributed by atoms with Crippen molar-refractivity contribution >= 4 is 33.9 Å². The molecule has 0 spiro atoms. The van der Waals surface area contributed by atoms with Gasteiger partial charge in [0, 0.05) is 31.4 Å². The molecule has 0 unspecified atom stereocenters. The Labute approximate surface area is 164 Å². The molecular weight excluding hydrogens is 358 g/mol. The fourth-order valence-electron chi connectivity index (χ4n) is 3.08. The Hall–Kier alpha value is -2.54. The fourth-order valence-corrected chi connectivity index (χ4v) is 3.87. The molecule has 2 aromatic rings. The van der Waals surface area contributed by atoms with E-state index in [4.69, 9.17) is 0 Å². The molecule has 0 saturated carbocycles. The third-order valence-corrected chi connectivity index (χ3v) is 5.37. The first-order valence-electron chi connectivity index (χ1n) is 9.43. The van der Waals surface area contributed by atoms with E-state index in [1.54, 1.807) is 11.3 Å². The summed E-state index contributed by atoms with van der Waals surface area (Å²) in [6.45, 7) is 4.96. The highest BCUT2D eigenvalue weighted by atomic mass is 32.1. The minimum absolute atomic E-state index is 0.0955. The van der Waals surface area contributed by atoms with E-state index in [9.17, 15) is 4.79 Å². The molecule has 7 heteroatoms. The van der Waals surface area contributed by atoms with Gasteiger partial charge >= 0.3 is 0 Å². The number of aliphatic imine (C=N–C) groups is 1. The first-order chi connectivity index (χ1) is 13.2. The molecule has 2 heterocycles. The van der Waals surface area contributed by atoms with Crippen LogP contribution in [0, 0.1) is 0 Å². The van der Waals surface area contributed by atoms with Crippen LogP contribution in [0.5, 0.6) is 0 Å². The average molecular weight is 386 g/mol. The summed E-state index contributed by atoms with van der Waals surface area (Å²) in [5.74, 6) is 0.584. The summed E-state index contributed by atoms with van der Waals surface area (Å²) in [5.41, 5.74) is 0.789. The van der Waals surface area contributed by atoms with Crippen molar-refractivity contribution in [3.8, 4) is 0 Å². The Balaban J connectivity index is 1.48. The molecular formula is C20H27N5OS. The first-order valence-corrected chi connectivity index (χ1v) is 10.3. The first kappa shape index (κ1) is 19.2. The zero-order valence-electron chi connectivity index (χ0n) is 15.6. The van der Waals surface area contributed by atoms with Gasteiger partial charge in [0.15, 0.2) is 5.96 Å². The minimum atomic E-state index is -0.120. The standard InChI is InChI=1S/C20H27N5OS/c1-2-21-20(22-15-18(26)23-16-7-4-3-5-8-16)24-17-10-12-25(13-11-17)19-9-6-14-27-19/h3-9,14,17H,2,10-13,15H2,1H3,(H,23,26)(H2,21,22,24). The summed E-state index contributed by atoms with van der Waals surface area (Å²) in [4.78, 5) is 19.0. The number of anilines is 2. The molecule has 1 aliphatic rings. The number of amides is 1. The number of rotatable bonds is 6. The van der Waals surface area contributed by atoms with Gasteiger partial charge in [0.25, 0.3) is 0 Å². The molecule has 1 aliphatic heterocycles. The predicted octanol–water partition coefficient (Wildman–Crippen LogP) is 2.91. The predicted molar refractivity (Wildman–Crippen MR) is 114 cm³/mol. The SMILES string of the molecule is CCNC(=NCC(=O)Nc1ccccc1)NC1CCN(c2cccs2)CC1. The van der Waals surface area contributed by atoms with Gasteiger partial charge in [0.1, 0.15) is 6.54 Å². The Kier molecular flexibility index (Phi) is 7.10. The monoisotopic (exact) mass is 385 g/mol. The number of carbonyl (C=O) groups excluding carboxylic acids is 1. The molecule has 3 N–H and O–H groups in total. The molecule has 1 aromatic heterocycles. The molecule has 0 atom stereocenters. The van der Waals surface area contributed by atoms with E-state index >= 15 is 0 Å². The summed E-state index contributed by atoms with van der Waals surface area (Å²) in [6, 6.07) is 14.1. The van der Waals surface area contributed by atoms with Crippen LogP contribution in [0.25, 0.3) is 0 Å². The van der Waals surface area contributed by atoms with Crippen molar-refractivity contribution < 1.29 is 4.79 Å². The van der Waals surface area contributed by atoms with Crippen LogP contribution >= 0.6 is 11.3 Å². The zero-order chi connectivity index (χ0) is 18.9. The third-order valence-electron chi connectivity index (χ3n) is 4.44. The molecule has 3 rings (SSSR count). The van der Waals surface area contributed by atoms with Gasteiger partial charge in [0.05, 0.1) is 5.00 Å². The molecule has 1 amide bonds. The van der Waals surface area contributed by atoms with Crippen LogP contribution in [0.4, 0.5) is 10.7 Å². The number of hydrogen-bond donors (Lipinski definition) is 3.